The van der Waals surface area contributed by atoms with E-state index in [2.05, 4.69) is 36.2 Å². The number of fused-ring (bicyclic) bond motifs is 1. The number of methoxy groups -OCH3 is 1. The SMILES string of the molecule is CNC1CCCc2cn(CC(C)OC)cc21. The van der Waals surface area contributed by atoms with Crippen LogP contribution in [0, 0.1) is 0 Å². The molecule has 0 fully saturated rings. The van der Waals surface area contributed by atoms with Gasteiger partial charge in [0.05, 0.1) is 6.10 Å². The largest absolute Gasteiger partial charge is 0.380 e. The summed E-state index contributed by atoms with van der Waals surface area (Å²) in [5.74, 6) is 0. The van der Waals surface area contributed by atoms with Crippen molar-refractivity contribution in [1.29, 1.82) is 0 Å². The lowest BCUT2D eigenvalue weighted by Crippen LogP contribution is -2.20. The zero-order valence-corrected chi connectivity index (χ0v) is 10.5. The van der Waals surface area contributed by atoms with Gasteiger partial charge in [-0.3, -0.25) is 0 Å². The molecule has 0 radical (unpaired) electrons. The van der Waals surface area contributed by atoms with Gasteiger partial charge in [0.15, 0.2) is 0 Å². The molecule has 1 aromatic heterocycles. The maximum Gasteiger partial charge on any atom is 0.0721 e. The van der Waals surface area contributed by atoms with Crippen molar-refractivity contribution in [3.05, 3.63) is 23.5 Å². The molecule has 0 saturated carbocycles. The van der Waals surface area contributed by atoms with Crippen LogP contribution in [-0.2, 0) is 17.7 Å². The lowest BCUT2D eigenvalue weighted by atomic mass is 9.91. The maximum atomic E-state index is 5.30. The Morgan fingerprint density at radius 1 is 1.56 bits per heavy atom. The maximum absolute atomic E-state index is 5.30. The molecule has 0 saturated heterocycles. The summed E-state index contributed by atoms with van der Waals surface area (Å²) >= 11 is 0. The molecule has 2 atom stereocenters. The molecule has 16 heavy (non-hydrogen) atoms. The van der Waals surface area contributed by atoms with Crippen molar-refractivity contribution in [2.24, 2.45) is 0 Å². The van der Waals surface area contributed by atoms with Gasteiger partial charge in [0.25, 0.3) is 0 Å². The minimum absolute atomic E-state index is 0.280. The van der Waals surface area contributed by atoms with E-state index in [0.717, 1.165) is 6.54 Å². The van der Waals surface area contributed by atoms with Gasteiger partial charge < -0.3 is 14.6 Å². The molecule has 90 valence electrons. The van der Waals surface area contributed by atoms with Crippen LogP contribution < -0.4 is 5.32 Å². The summed E-state index contributed by atoms with van der Waals surface area (Å²) in [5.41, 5.74) is 2.99. The first-order chi connectivity index (χ1) is 7.74. The van der Waals surface area contributed by atoms with E-state index in [1.165, 1.54) is 30.4 Å². The molecule has 1 aliphatic carbocycles. The van der Waals surface area contributed by atoms with E-state index in [4.69, 9.17) is 4.74 Å². The Labute approximate surface area is 97.8 Å². The van der Waals surface area contributed by atoms with Gasteiger partial charge >= 0.3 is 0 Å². The fourth-order valence-electron chi connectivity index (χ4n) is 2.52. The Hall–Kier alpha value is -0.800. The lowest BCUT2D eigenvalue weighted by molar-refractivity contribution is 0.103. The van der Waals surface area contributed by atoms with E-state index in [1.807, 2.05) is 0 Å². The zero-order valence-electron chi connectivity index (χ0n) is 10.5. The van der Waals surface area contributed by atoms with Crippen molar-refractivity contribution in [1.82, 2.24) is 9.88 Å². The van der Waals surface area contributed by atoms with Gasteiger partial charge in [-0.15, -0.1) is 0 Å². The van der Waals surface area contributed by atoms with Crippen LogP contribution in [0.5, 0.6) is 0 Å². The molecule has 0 aliphatic heterocycles. The molecule has 1 aromatic rings. The molecule has 0 bridgehead atoms. The normalized spacial score (nSPS) is 21.8. The van der Waals surface area contributed by atoms with Crippen LogP contribution in [0.25, 0.3) is 0 Å². The zero-order chi connectivity index (χ0) is 11.5. The monoisotopic (exact) mass is 222 g/mol. The highest BCUT2D eigenvalue weighted by Gasteiger charge is 2.20. The number of ether oxygens (including phenoxy) is 1. The average molecular weight is 222 g/mol. The second-order valence-electron chi connectivity index (χ2n) is 4.72. The third-order valence-corrected chi connectivity index (χ3v) is 3.53. The summed E-state index contributed by atoms with van der Waals surface area (Å²) in [4.78, 5) is 0. The van der Waals surface area contributed by atoms with Crippen molar-refractivity contribution in [3.63, 3.8) is 0 Å². The van der Waals surface area contributed by atoms with Crippen molar-refractivity contribution < 1.29 is 4.74 Å². The van der Waals surface area contributed by atoms with Crippen molar-refractivity contribution in [2.45, 2.75) is 44.9 Å². The van der Waals surface area contributed by atoms with E-state index in [1.54, 1.807) is 7.11 Å². The van der Waals surface area contributed by atoms with Gasteiger partial charge in [-0.25, -0.2) is 0 Å². The number of aryl methyl sites for hydroxylation is 1. The average Bonchev–Trinajstić information content (AvgIpc) is 2.70. The van der Waals surface area contributed by atoms with Gasteiger partial charge in [0.1, 0.15) is 0 Å². The number of nitrogens with zero attached hydrogens (tertiary/aromatic N) is 1. The first-order valence-corrected chi connectivity index (χ1v) is 6.13. The molecule has 3 heteroatoms. The molecule has 0 spiro atoms. The molecule has 2 rings (SSSR count). The Morgan fingerprint density at radius 3 is 3.06 bits per heavy atom. The molecule has 3 nitrogen and oxygen atoms in total. The van der Waals surface area contributed by atoms with Crippen LogP contribution in [0.15, 0.2) is 12.4 Å². The molecular weight excluding hydrogens is 200 g/mol. The number of aromatic nitrogens is 1. The highest BCUT2D eigenvalue weighted by molar-refractivity contribution is 5.30. The third-order valence-electron chi connectivity index (χ3n) is 3.53. The molecule has 1 aliphatic rings. The minimum atomic E-state index is 0.280. The summed E-state index contributed by atoms with van der Waals surface area (Å²) in [5, 5.41) is 3.40. The van der Waals surface area contributed by atoms with Gasteiger partial charge in [-0.1, -0.05) is 0 Å². The molecule has 0 amide bonds. The van der Waals surface area contributed by atoms with Gasteiger partial charge in [-0.2, -0.15) is 0 Å². The van der Waals surface area contributed by atoms with Crippen LogP contribution in [0.3, 0.4) is 0 Å². The number of nitrogens with one attached hydrogen (secondary N) is 1. The predicted molar refractivity (Wildman–Crippen MR) is 65.6 cm³/mol. The van der Waals surface area contributed by atoms with E-state index in [-0.39, 0.29) is 6.10 Å². The Balaban J connectivity index is 2.15. The number of hydrogen-bond donors (Lipinski definition) is 1. The molecule has 1 heterocycles. The number of hydrogen-bond acceptors (Lipinski definition) is 2. The predicted octanol–water partition coefficient (Wildman–Crippen LogP) is 2.12. The first kappa shape index (κ1) is 11.7. The summed E-state index contributed by atoms with van der Waals surface area (Å²) < 4.78 is 7.58. The van der Waals surface area contributed by atoms with Gasteiger partial charge in [0, 0.05) is 32.1 Å². The summed E-state index contributed by atoms with van der Waals surface area (Å²) in [6.07, 6.45) is 8.62. The minimum Gasteiger partial charge on any atom is -0.380 e. The fraction of sp³-hybridized carbons (Fsp3) is 0.692. The molecular formula is C13H22N2O. The van der Waals surface area contributed by atoms with E-state index >= 15 is 0 Å². The second kappa shape index (κ2) is 5.02. The number of rotatable bonds is 4. The van der Waals surface area contributed by atoms with Crippen molar-refractivity contribution in [2.75, 3.05) is 14.2 Å². The molecule has 2 unspecified atom stereocenters. The summed E-state index contributed by atoms with van der Waals surface area (Å²) in [6.45, 7) is 3.05. The van der Waals surface area contributed by atoms with Crippen molar-refractivity contribution in [3.8, 4) is 0 Å². The van der Waals surface area contributed by atoms with Crippen LogP contribution in [-0.4, -0.2) is 24.8 Å². The summed E-state index contributed by atoms with van der Waals surface area (Å²) in [6, 6.07) is 0.544. The van der Waals surface area contributed by atoms with Crippen LogP contribution in [0.2, 0.25) is 0 Å². The third kappa shape index (κ3) is 2.30. The Morgan fingerprint density at radius 2 is 2.38 bits per heavy atom. The van der Waals surface area contributed by atoms with Gasteiger partial charge in [0.2, 0.25) is 0 Å². The lowest BCUT2D eigenvalue weighted by Gasteiger charge is -2.21. The molecule has 0 aromatic carbocycles. The Bertz CT molecular complexity index is 346. The molecule has 1 N–H and O–H groups in total. The van der Waals surface area contributed by atoms with Crippen LogP contribution >= 0.6 is 0 Å². The van der Waals surface area contributed by atoms with Crippen LogP contribution in [0.1, 0.15) is 36.9 Å². The highest BCUT2D eigenvalue weighted by Crippen LogP contribution is 2.30. The topological polar surface area (TPSA) is 26.2 Å². The van der Waals surface area contributed by atoms with E-state index in [9.17, 15) is 0 Å². The van der Waals surface area contributed by atoms with Crippen molar-refractivity contribution >= 4 is 0 Å². The smallest absolute Gasteiger partial charge is 0.0721 e. The fourth-order valence-corrected chi connectivity index (χ4v) is 2.52. The quantitative estimate of drug-likeness (QED) is 0.844. The summed E-state index contributed by atoms with van der Waals surface area (Å²) in [7, 11) is 3.82. The van der Waals surface area contributed by atoms with E-state index in [0.29, 0.717) is 6.04 Å². The van der Waals surface area contributed by atoms with E-state index < -0.39 is 0 Å². The second-order valence-corrected chi connectivity index (χ2v) is 4.72. The first-order valence-electron chi connectivity index (χ1n) is 6.13. The van der Waals surface area contributed by atoms with Gasteiger partial charge in [-0.05, 0) is 44.4 Å². The highest BCUT2D eigenvalue weighted by atomic mass is 16.5. The van der Waals surface area contributed by atoms with Crippen LogP contribution in [0.4, 0.5) is 0 Å². The Kier molecular flexibility index (Phi) is 3.66. The standard InChI is InChI=1S/C13H22N2O/c1-10(16-3)7-15-8-11-5-4-6-13(14-2)12(11)9-15/h8-10,13-14H,4-7H2,1-3H3.